The van der Waals surface area contributed by atoms with E-state index in [1.165, 1.54) is 0 Å². The summed E-state index contributed by atoms with van der Waals surface area (Å²) in [6, 6.07) is 46.5. The Morgan fingerprint density at radius 3 is 1.39 bits per heavy atom. The van der Waals surface area contributed by atoms with Crippen molar-refractivity contribution in [2.75, 3.05) is 0 Å². The van der Waals surface area contributed by atoms with Crippen molar-refractivity contribution in [3.63, 3.8) is 0 Å². The number of hydrogen-bond acceptors (Lipinski definition) is 3. The van der Waals surface area contributed by atoms with Crippen LogP contribution in [0.5, 0.6) is 0 Å². The van der Waals surface area contributed by atoms with Gasteiger partial charge < -0.3 is 0 Å². The van der Waals surface area contributed by atoms with Crippen molar-refractivity contribution in [1.29, 1.82) is 0 Å². The molecule has 38 heavy (non-hydrogen) atoms. The summed E-state index contributed by atoms with van der Waals surface area (Å²) in [5.41, 5.74) is 1.53. The molecule has 0 atom stereocenters. The van der Waals surface area contributed by atoms with Gasteiger partial charge in [0.05, 0.1) is 0 Å². The van der Waals surface area contributed by atoms with Crippen LogP contribution < -0.4 is 16.1 Å². The van der Waals surface area contributed by atoms with Crippen molar-refractivity contribution < 1.29 is 12.7 Å². The van der Waals surface area contributed by atoms with Crippen LogP contribution in [0.4, 0.5) is 0 Å². The van der Waals surface area contributed by atoms with E-state index in [0.717, 1.165) is 16.3 Å². The summed E-state index contributed by atoms with van der Waals surface area (Å²) in [5, 5.41) is 2.94. The molecular weight excluding hydrogens is 577 g/mol. The Balaban J connectivity index is 1.56. The molecule has 5 heteroatoms. The molecule has 1 amide bonds. The van der Waals surface area contributed by atoms with E-state index in [1.807, 2.05) is 121 Å². The SMILES string of the molecule is O=C(NCc1ccccc1)c1ccccc1C(=O)[O][Sn]([c]1ccccc1)([c]1ccccc1)[c]1ccccc1. The van der Waals surface area contributed by atoms with E-state index in [-0.39, 0.29) is 11.5 Å². The Morgan fingerprint density at radius 1 is 0.526 bits per heavy atom. The minimum atomic E-state index is -4.33. The van der Waals surface area contributed by atoms with Gasteiger partial charge in [-0.1, -0.05) is 0 Å². The first-order valence-corrected chi connectivity index (χ1v) is 17.9. The van der Waals surface area contributed by atoms with Crippen LogP contribution >= 0.6 is 0 Å². The van der Waals surface area contributed by atoms with Gasteiger partial charge in [-0.3, -0.25) is 0 Å². The fourth-order valence-corrected chi connectivity index (χ4v) is 15.3. The summed E-state index contributed by atoms with van der Waals surface area (Å²) < 4.78 is 9.76. The van der Waals surface area contributed by atoms with Gasteiger partial charge in [-0.15, -0.1) is 0 Å². The zero-order valence-electron chi connectivity index (χ0n) is 20.8. The summed E-state index contributed by atoms with van der Waals surface area (Å²) in [6.45, 7) is 0.365. The molecule has 4 nitrogen and oxygen atoms in total. The predicted octanol–water partition coefficient (Wildman–Crippen LogP) is 4.44. The zero-order chi connectivity index (χ0) is 26.2. The topological polar surface area (TPSA) is 55.4 Å². The van der Waals surface area contributed by atoms with Crippen LogP contribution in [0.25, 0.3) is 0 Å². The second kappa shape index (κ2) is 11.9. The molecule has 0 saturated heterocycles. The van der Waals surface area contributed by atoms with E-state index < -0.39 is 24.8 Å². The molecule has 0 saturated carbocycles. The van der Waals surface area contributed by atoms with E-state index in [0.29, 0.717) is 12.1 Å². The standard InChI is InChI=1S/C15H13NO3.3C6H5.Sn/c17-14(16-10-11-6-2-1-3-7-11)12-8-4-5-9-13(12)15(18)19;3*1-2-4-6-5-3-1;/h1-9H,10H2,(H,16,17)(H,18,19);3*1-5H;/q;;;;+1/p-1. The Kier molecular flexibility index (Phi) is 8.00. The molecule has 0 heterocycles. The van der Waals surface area contributed by atoms with Gasteiger partial charge in [0.25, 0.3) is 0 Å². The summed E-state index contributed by atoms with van der Waals surface area (Å²) in [5.74, 6) is -0.816. The van der Waals surface area contributed by atoms with E-state index in [1.54, 1.807) is 24.3 Å². The van der Waals surface area contributed by atoms with Crippen molar-refractivity contribution in [1.82, 2.24) is 5.32 Å². The third-order valence-electron chi connectivity index (χ3n) is 6.47. The van der Waals surface area contributed by atoms with Crippen LogP contribution in [-0.4, -0.2) is 30.7 Å². The monoisotopic (exact) mass is 605 g/mol. The molecule has 0 aliphatic carbocycles. The van der Waals surface area contributed by atoms with Crippen molar-refractivity contribution >= 4 is 41.4 Å². The third-order valence-corrected chi connectivity index (χ3v) is 17.7. The first kappa shape index (κ1) is 25.5. The number of nitrogens with one attached hydrogen (secondary N) is 1. The molecule has 1 N–H and O–H groups in total. The van der Waals surface area contributed by atoms with E-state index >= 15 is 0 Å². The number of benzene rings is 5. The van der Waals surface area contributed by atoms with Crippen LogP contribution in [0.15, 0.2) is 146 Å². The van der Waals surface area contributed by atoms with Gasteiger partial charge in [0.2, 0.25) is 0 Å². The molecule has 186 valence electrons. The fraction of sp³-hybridized carbons (Fsp3) is 0.0303. The molecule has 0 spiro atoms. The first-order valence-electron chi connectivity index (χ1n) is 12.5. The van der Waals surface area contributed by atoms with Gasteiger partial charge in [-0.2, -0.15) is 0 Å². The maximum atomic E-state index is 14.0. The molecule has 0 aromatic heterocycles. The number of carbonyl (C=O) groups excluding carboxylic acids is 2. The summed E-state index contributed by atoms with van der Waals surface area (Å²) >= 11 is -4.33. The third kappa shape index (κ3) is 5.41. The van der Waals surface area contributed by atoms with E-state index in [2.05, 4.69) is 5.32 Å². The molecule has 0 aliphatic heterocycles. The number of hydrogen-bond donors (Lipinski definition) is 1. The molecule has 5 aromatic rings. The fourth-order valence-electron chi connectivity index (χ4n) is 4.62. The number of rotatable bonds is 8. The Hall–Kier alpha value is -4.16. The average molecular weight is 604 g/mol. The van der Waals surface area contributed by atoms with Crippen LogP contribution in [0.1, 0.15) is 26.3 Å². The van der Waals surface area contributed by atoms with Gasteiger partial charge in [-0.05, 0) is 0 Å². The van der Waals surface area contributed by atoms with Crippen molar-refractivity contribution in [2.45, 2.75) is 6.54 Å². The van der Waals surface area contributed by atoms with Gasteiger partial charge >= 0.3 is 228 Å². The number of amides is 1. The van der Waals surface area contributed by atoms with Gasteiger partial charge in [-0.25, -0.2) is 0 Å². The average Bonchev–Trinajstić information content (AvgIpc) is 3.00. The van der Waals surface area contributed by atoms with E-state index in [9.17, 15) is 9.59 Å². The summed E-state index contributed by atoms with van der Waals surface area (Å²) in [6.07, 6.45) is 0. The molecule has 0 radical (unpaired) electrons. The Bertz CT molecular complexity index is 1410. The van der Waals surface area contributed by atoms with Gasteiger partial charge in [0, 0.05) is 0 Å². The van der Waals surface area contributed by atoms with Gasteiger partial charge in [0.1, 0.15) is 0 Å². The Morgan fingerprint density at radius 2 is 0.921 bits per heavy atom. The second-order valence-corrected chi connectivity index (χ2v) is 18.3. The normalized spacial score (nSPS) is 10.9. The summed E-state index contributed by atoms with van der Waals surface area (Å²) in [4.78, 5) is 27.2. The summed E-state index contributed by atoms with van der Waals surface area (Å²) in [7, 11) is 0. The maximum absolute atomic E-state index is 14.0. The molecule has 0 bridgehead atoms. The number of carbonyl (C=O) groups is 2. The molecule has 0 aliphatic rings. The molecule has 5 rings (SSSR count). The quantitative estimate of drug-likeness (QED) is 0.267. The minimum absolute atomic E-state index is 0.252. The molecular formula is C33H27NO3Sn. The molecule has 0 fully saturated rings. The zero-order valence-corrected chi connectivity index (χ0v) is 23.6. The Labute approximate surface area is 227 Å². The first-order chi connectivity index (χ1) is 18.7. The molecule has 5 aromatic carbocycles. The molecule has 0 unspecified atom stereocenters. The predicted molar refractivity (Wildman–Crippen MR) is 153 cm³/mol. The van der Waals surface area contributed by atoms with E-state index in [4.69, 9.17) is 3.07 Å². The van der Waals surface area contributed by atoms with Crippen molar-refractivity contribution in [3.8, 4) is 0 Å². The van der Waals surface area contributed by atoms with Crippen molar-refractivity contribution in [3.05, 3.63) is 162 Å². The van der Waals surface area contributed by atoms with Gasteiger partial charge in [0.15, 0.2) is 0 Å². The van der Waals surface area contributed by atoms with Crippen molar-refractivity contribution in [2.24, 2.45) is 0 Å². The van der Waals surface area contributed by atoms with Crippen LogP contribution in [-0.2, 0) is 9.62 Å². The second-order valence-electron chi connectivity index (χ2n) is 8.88. The van der Waals surface area contributed by atoms with Crippen LogP contribution in [0.3, 0.4) is 0 Å². The van der Waals surface area contributed by atoms with Crippen LogP contribution in [0, 0.1) is 0 Å². The van der Waals surface area contributed by atoms with Crippen LogP contribution in [0.2, 0.25) is 0 Å².